The van der Waals surface area contributed by atoms with Gasteiger partial charge in [0.2, 0.25) is 5.91 Å². The number of piperazine rings is 1. The van der Waals surface area contributed by atoms with Gasteiger partial charge in [-0.25, -0.2) is 0 Å². The number of likely N-dealkylation sites (N-methyl/N-ethyl adjacent to an activating group) is 1. The second kappa shape index (κ2) is 7.22. The van der Waals surface area contributed by atoms with Crippen LogP contribution in [0.25, 0.3) is 0 Å². The Balaban J connectivity index is 1.92. The van der Waals surface area contributed by atoms with Gasteiger partial charge in [0, 0.05) is 31.7 Å². The number of nitrogens with zero attached hydrogens (tertiary/aromatic N) is 2. The Kier molecular flexibility index (Phi) is 5.33. The van der Waals surface area contributed by atoms with Crippen LogP contribution in [0.4, 0.5) is 0 Å². The molecule has 1 N–H and O–H groups in total. The monoisotopic (exact) mass is 289 g/mol. The van der Waals surface area contributed by atoms with E-state index in [-0.39, 0.29) is 11.8 Å². The molecule has 2 rings (SSSR count). The van der Waals surface area contributed by atoms with Crippen LogP contribution >= 0.6 is 0 Å². The van der Waals surface area contributed by atoms with Crippen molar-refractivity contribution in [1.82, 2.24) is 15.1 Å². The molecule has 5 heteroatoms. The van der Waals surface area contributed by atoms with E-state index < -0.39 is 0 Å². The third kappa shape index (κ3) is 3.82. The SMILES string of the molecule is CCc1ccc(C(=O)N2CCN(C(=O)CNC)CC2)cc1. The van der Waals surface area contributed by atoms with Gasteiger partial charge in [-0.1, -0.05) is 19.1 Å². The molecule has 1 aromatic carbocycles. The summed E-state index contributed by atoms with van der Waals surface area (Å²) in [5.74, 6) is 0.148. The summed E-state index contributed by atoms with van der Waals surface area (Å²) in [5.41, 5.74) is 1.95. The van der Waals surface area contributed by atoms with Crippen molar-refractivity contribution in [2.24, 2.45) is 0 Å². The van der Waals surface area contributed by atoms with Gasteiger partial charge in [-0.2, -0.15) is 0 Å². The summed E-state index contributed by atoms with van der Waals surface area (Å²) in [6, 6.07) is 7.78. The average molecular weight is 289 g/mol. The highest BCUT2D eigenvalue weighted by Crippen LogP contribution is 2.11. The highest BCUT2D eigenvalue weighted by atomic mass is 16.2. The molecule has 0 aliphatic carbocycles. The minimum Gasteiger partial charge on any atom is -0.338 e. The van der Waals surface area contributed by atoms with Crippen molar-refractivity contribution < 1.29 is 9.59 Å². The number of hydrogen-bond donors (Lipinski definition) is 1. The number of amides is 2. The van der Waals surface area contributed by atoms with E-state index in [2.05, 4.69) is 12.2 Å². The molecule has 0 unspecified atom stereocenters. The molecule has 2 amide bonds. The van der Waals surface area contributed by atoms with Gasteiger partial charge in [0.25, 0.3) is 5.91 Å². The van der Waals surface area contributed by atoms with Crippen LogP contribution in [0, 0.1) is 0 Å². The molecule has 1 fully saturated rings. The number of carbonyl (C=O) groups excluding carboxylic acids is 2. The molecule has 0 atom stereocenters. The molecular formula is C16H23N3O2. The summed E-state index contributed by atoms with van der Waals surface area (Å²) in [5, 5.41) is 2.86. The maximum absolute atomic E-state index is 12.4. The van der Waals surface area contributed by atoms with Gasteiger partial charge >= 0.3 is 0 Å². The average Bonchev–Trinajstić information content (AvgIpc) is 2.54. The molecule has 5 nitrogen and oxygen atoms in total. The van der Waals surface area contributed by atoms with Crippen LogP contribution in [0.2, 0.25) is 0 Å². The molecule has 0 bridgehead atoms. The number of hydrogen-bond acceptors (Lipinski definition) is 3. The van der Waals surface area contributed by atoms with Crippen LogP contribution in [0.15, 0.2) is 24.3 Å². The predicted molar refractivity (Wildman–Crippen MR) is 82.2 cm³/mol. The fourth-order valence-corrected chi connectivity index (χ4v) is 2.49. The number of rotatable bonds is 4. The Morgan fingerprint density at radius 2 is 1.62 bits per heavy atom. The Morgan fingerprint density at radius 3 is 2.14 bits per heavy atom. The first-order chi connectivity index (χ1) is 10.2. The normalized spacial score (nSPS) is 15.1. The van der Waals surface area contributed by atoms with Crippen LogP contribution < -0.4 is 5.32 Å². The smallest absolute Gasteiger partial charge is 0.253 e. The van der Waals surface area contributed by atoms with Gasteiger partial charge in [0.05, 0.1) is 6.54 Å². The van der Waals surface area contributed by atoms with Crippen molar-refractivity contribution in [3.8, 4) is 0 Å². The number of carbonyl (C=O) groups is 2. The molecule has 1 aliphatic heterocycles. The van der Waals surface area contributed by atoms with E-state index in [1.54, 1.807) is 11.9 Å². The van der Waals surface area contributed by atoms with Crippen LogP contribution in [-0.2, 0) is 11.2 Å². The molecule has 1 heterocycles. The summed E-state index contributed by atoms with van der Waals surface area (Å²) in [6.07, 6.45) is 0.973. The molecule has 1 saturated heterocycles. The minimum atomic E-state index is 0.0540. The largest absolute Gasteiger partial charge is 0.338 e. The van der Waals surface area contributed by atoms with E-state index in [0.717, 1.165) is 12.0 Å². The van der Waals surface area contributed by atoms with E-state index in [4.69, 9.17) is 0 Å². The molecule has 114 valence electrons. The van der Waals surface area contributed by atoms with E-state index in [1.165, 1.54) is 5.56 Å². The topological polar surface area (TPSA) is 52.7 Å². The van der Waals surface area contributed by atoms with Gasteiger partial charge < -0.3 is 15.1 Å². The first-order valence-corrected chi connectivity index (χ1v) is 7.46. The van der Waals surface area contributed by atoms with Crippen molar-refractivity contribution in [3.05, 3.63) is 35.4 Å². The maximum Gasteiger partial charge on any atom is 0.253 e. The van der Waals surface area contributed by atoms with E-state index >= 15 is 0 Å². The lowest BCUT2D eigenvalue weighted by molar-refractivity contribution is -0.131. The standard InChI is InChI=1S/C16H23N3O2/c1-3-13-4-6-14(7-5-13)16(21)19-10-8-18(9-11-19)15(20)12-17-2/h4-7,17H,3,8-12H2,1-2H3. The zero-order chi connectivity index (χ0) is 15.2. The summed E-state index contributed by atoms with van der Waals surface area (Å²) in [7, 11) is 1.76. The molecule has 1 aliphatic rings. The zero-order valence-corrected chi connectivity index (χ0v) is 12.8. The van der Waals surface area contributed by atoms with Crippen LogP contribution in [-0.4, -0.2) is 61.4 Å². The Morgan fingerprint density at radius 1 is 1.05 bits per heavy atom. The molecular weight excluding hydrogens is 266 g/mol. The van der Waals surface area contributed by atoms with Crippen LogP contribution in [0.3, 0.4) is 0 Å². The number of aryl methyl sites for hydroxylation is 1. The first kappa shape index (κ1) is 15.5. The molecule has 0 saturated carbocycles. The van der Waals surface area contributed by atoms with Gasteiger partial charge in [-0.15, -0.1) is 0 Å². The van der Waals surface area contributed by atoms with Crippen molar-refractivity contribution in [2.45, 2.75) is 13.3 Å². The maximum atomic E-state index is 12.4. The second-order valence-electron chi connectivity index (χ2n) is 5.25. The van der Waals surface area contributed by atoms with Gasteiger partial charge in [0.1, 0.15) is 0 Å². The Labute approximate surface area is 125 Å². The van der Waals surface area contributed by atoms with Crippen molar-refractivity contribution in [1.29, 1.82) is 0 Å². The highest BCUT2D eigenvalue weighted by Gasteiger charge is 2.24. The van der Waals surface area contributed by atoms with Crippen LogP contribution in [0.5, 0.6) is 0 Å². The lowest BCUT2D eigenvalue weighted by atomic mass is 10.1. The highest BCUT2D eigenvalue weighted by molar-refractivity contribution is 5.94. The van der Waals surface area contributed by atoms with Crippen molar-refractivity contribution in [3.63, 3.8) is 0 Å². The molecule has 0 radical (unpaired) electrons. The van der Waals surface area contributed by atoms with E-state index in [1.807, 2.05) is 29.2 Å². The summed E-state index contributed by atoms with van der Waals surface area (Å²) in [6.45, 7) is 4.87. The third-order valence-corrected chi connectivity index (χ3v) is 3.86. The molecule has 1 aromatic rings. The Hall–Kier alpha value is -1.88. The fraction of sp³-hybridized carbons (Fsp3) is 0.500. The predicted octanol–water partition coefficient (Wildman–Crippen LogP) is 0.753. The van der Waals surface area contributed by atoms with Gasteiger partial charge in [-0.3, -0.25) is 9.59 Å². The lowest BCUT2D eigenvalue weighted by Gasteiger charge is -2.34. The molecule has 21 heavy (non-hydrogen) atoms. The van der Waals surface area contributed by atoms with Crippen molar-refractivity contribution in [2.75, 3.05) is 39.8 Å². The van der Waals surface area contributed by atoms with Gasteiger partial charge in [-0.05, 0) is 31.2 Å². The summed E-state index contributed by atoms with van der Waals surface area (Å²) in [4.78, 5) is 27.8. The van der Waals surface area contributed by atoms with Crippen LogP contribution in [0.1, 0.15) is 22.8 Å². The van der Waals surface area contributed by atoms with Gasteiger partial charge in [0.15, 0.2) is 0 Å². The Bertz CT molecular complexity index is 491. The fourth-order valence-electron chi connectivity index (χ4n) is 2.49. The molecule has 0 aromatic heterocycles. The zero-order valence-electron chi connectivity index (χ0n) is 12.8. The third-order valence-electron chi connectivity index (χ3n) is 3.86. The van der Waals surface area contributed by atoms with Crippen molar-refractivity contribution >= 4 is 11.8 Å². The number of benzene rings is 1. The van der Waals surface area contributed by atoms with E-state index in [0.29, 0.717) is 32.7 Å². The molecule has 0 spiro atoms. The second-order valence-corrected chi connectivity index (χ2v) is 5.25. The summed E-state index contributed by atoms with van der Waals surface area (Å²) < 4.78 is 0. The summed E-state index contributed by atoms with van der Waals surface area (Å²) >= 11 is 0. The van der Waals surface area contributed by atoms with E-state index in [9.17, 15) is 9.59 Å². The quantitative estimate of drug-likeness (QED) is 0.890. The lowest BCUT2D eigenvalue weighted by Crippen LogP contribution is -2.52. The first-order valence-electron chi connectivity index (χ1n) is 7.46. The number of nitrogens with one attached hydrogen (secondary N) is 1. The minimum absolute atomic E-state index is 0.0540.